The van der Waals surface area contributed by atoms with Crippen molar-refractivity contribution in [3.8, 4) is 0 Å². The molecule has 29 heavy (non-hydrogen) atoms. The summed E-state index contributed by atoms with van der Waals surface area (Å²) in [6.45, 7) is 4.44. The molecule has 154 valence electrons. The number of nitrogens with zero attached hydrogens (tertiary/aromatic N) is 3. The zero-order valence-corrected chi connectivity index (χ0v) is 16.5. The van der Waals surface area contributed by atoms with E-state index >= 15 is 0 Å². The second-order valence-electron chi connectivity index (χ2n) is 6.90. The second kappa shape index (κ2) is 8.85. The van der Waals surface area contributed by atoms with Crippen molar-refractivity contribution in [2.24, 2.45) is 0 Å². The molecule has 3 rings (SSSR count). The van der Waals surface area contributed by atoms with E-state index in [0.29, 0.717) is 23.9 Å². The molecule has 1 aromatic heterocycles. The Labute approximate surface area is 167 Å². The van der Waals surface area contributed by atoms with Crippen molar-refractivity contribution in [3.63, 3.8) is 0 Å². The van der Waals surface area contributed by atoms with Gasteiger partial charge in [0.15, 0.2) is 11.8 Å². The molecule has 0 aliphatic carbocycles. The molecule has 1 atom stereocenters. The van der Waals surface area contributed by atoms with Gasteiger partial charge in [0.1, 0.15) is 0 Å². The van der Waals surface area contributed by atoms with E-state index in [0.717, 1.165) is 24.2 Å². The quantitative estimate of drug-likeness (QED) is 0.559. The van der Waals surface area contributed by atoms with Crippen molar-refractivity contribution >= 4 is 28.7 Å². The number of esters is 1. The standard InChI is InChI=1S/C20H24N4O5/c1-3-4-7-11-24-18(26)15-9-6-5-8-14(15)16(22-24)19(27)29-13(2)17(25)23-12-10-21-20(23)28/h5-6,8-9,13H,3-4,7,10-12H2,1-2H3,(H,21,28)/t13-/m1/s1. The maximum absolute atomic E-state index is 12.8. The van der Waals surface area contributed by atoms with Crippen LogP contribution in [0, 0.1) is 0 Å². The number of ether oxygens (including phenoxy) is 1. The number of imide groups is 1. The number of unbranched alkanes of at least 4 members (excludes halogenated alkanes) is 2. The highest BCUT2D eigenvalue weighted by Gasteiger charge is 2.32. The van der Waals surface area contributed by atoms with Crippen LogP contribution in [-0.2, 0) is 16.1 Å². The molecule has 2 heterocycles. The highest BCUT2D eigenvalue weighted by atomic mass is 16.5. The molecule has 1 aliphatic heterocycles. The first kappa shape index (κ1) is 20.5. The summed E-state index contributed by atoms with van der Waals surface area (Å²) in [6, 6.07) is 6.16. The third kappa shape index (κ3) is 4.28. The lowest BCUT2D eigenvalue weighted by Crippen LogP contribution is -2.42. The third-order valence-electron chi connectivity index (χ3n) is 4.79. The molecular formula is C20H24N4O5. The number of fused-ring (bicyclic) bond motifs is 1. The Kier molecular flexibility index (Phi) is 6.26. The summed E-state index contributed by atoms with van der Waals surface area (Å²) in [5.41, 5.74) is -0.298. The highest BCUT2D eigenvalue weighted by Crippen LogP contribution is 2.16. The maximum atomic E-state index is 12.8. The number of nitrogens with one attached hydrogen (secondary N) is 1. The fourth-order valence-electron chi connectivity index (χ4n) is 3.22. The minimum Gasteiger partial charge on any atom is -0.448 e. The monoisotopic (exact) mass is 400 g/mol. The molecule has 1 saturated heterocycles. The van der Waals surface area contributed by atoms with Crippen molar-refractivity contribution in [2.45, 2.75) is 45.8 Å². The summed E-state index contributed by atoms with van der Waals surface area (Å²) in [7, 11) is 0. The summed E-state index contributed by atoms with van der Waals surface area (Å²) in [5.74, 6) is -1.42. The minimum atomic E-state index is -1.16. The molecule has 0 bridgehead atoms. The molecule has 1 aromatic carbocycles. The minimum absolute atomic E-state index is 0.0257. The van der Waals surface area contributed by atoms with Crippen LogP contribution in [0.5, 0.6) is 0 Å². The third-order valence-corrected chi connectivity index (χ3v) is 4.79. The number of benzene rings is 1. The molecule has 0 spiro atoms. The van der Waals surface area contributed by atoms with Gasteiger partial charge in [0, 0.05) is 25.0 Å². The van der Waals surface area contributed by atoms with E-state index in [2.05, 4.69) is 17.3 Å². The molecule has 0 saturated carbocycles. The number of hydrogen-bond donors (Lipinski definition) is 1. The first-order valence-electron chi connectivity index (χ1n) is 9.74. The lowest BCUT2D eigenvalue weighted by molar-refractivity contribution is -0.136. The smallest absolute Gasteiger partial charge is 0.360 e. The average molecular weight is 400 g/mol. The summed E-state index contributed by atoms with van der Waals surface area (Å²) in [4.78, 5) is 50.5. The van der Waals surface area contributed by atoms with Gasteiger partial charge in [0.2, 0.25) is 0 Å². The van der Waals surface area contributed by atoms with E-state index in [9.17, 15) is 19.2 Å². The molecule has 3 amide bonds. The topological polar surface area (TPSA) is 111 Å². The van der Waals surface area contributed by atoms with Crippen LogP contribution in [0.15, 0.2) is 29.1 Å². The number of rotatable bonds is 7. The van der Waals surface area contributed by atoms with Gasteiger partial charge in [-0.25, -0.2) is 14.3 Å². The molecule has 1 fully saturated rings. The first-order chi connectivity index (χ1) is 13.9. The van der Waals surface area contributed by atoms with Crippen LogP contribution in [0.4, 0.5) is 4.79 Å². The molecule has 0 unspecified atom stereocenters. The number of amides is 3. The van der Waals surface area contributed by atoms with E-state index in [1.54, 1.807) is 24.3 Å². The Morgan fingerprint density at radius 3 is 2.59 bits per heavy atom. The van der Waals surface area contributed by atoms with Crippen LogP contribution in [0.2, 0.25) is 0 Å². The number of carbonyl (C=O) groups excluding carboxylic acids is 3. The van der Waals surface area contributed by atoms with E-state index in [-0.39, 0.29) is 17.8 Å². The number of aryl methyl sites for hydroxylation is 1. The van der Waals surface area contributed by atoms with Gasteiger partial charge in [-0.15, -0.1) is 0 Å². The van der Waals surface area contributed by atoms with E-state index < -0.39 is 24.0 Å². The summed E-state index contributed by atoms with van der Waals surface area (Å²) in [5, 5.41) is 7.48. The first-order valence-corrected chi connectivity index (χ1v) is 9.74. The summed E-state index contributed by atoms with van der Waals surface area (Å²) < 4.78 is 6.57. The normalized spacial score (nSPS) is 14.7. The van der Waals surface area contributed by atoms with Gasteiger partial charge >= 0.3 is 12.0 Å². The van der Waals surface area contributed by atoms with Gasteiger partial charge in [-0.05, 0) is 19.4 Å². The fourth-order valence-corrected chi connectivity index (χ4v) is 3.22. The lowest BCUT2D eigenvalue weighted by Gasteiger charge is -2.18. The summed E-state index contributed by atoms with van der Waals surface area (Å²) in [6.07, 6.45) is 1.52. The van der Waals surface area contributed by atoms with Crippen molar-refractivity contribution in [3.05, 3.63) is 40.3 Å². The Hall–Kier alpha value is -3.23. The molecule has 1 aliphatic rings. The number of carbonyl (C=O) groups is 3. The Balaban J connectivity index is 1.88. The van der Waals surface area contributed by atoms with Crippen LogP contribution in [-0.4, -0.2) is 51.8 Å². The predicted molar refractivity (Wildman–Crippen MR) is 106 cm³/mol. The largest absolute Gasteiger partial charge is 0.448 e. The van der Waals surface area contributed by atoms with E-state index in [4.69, 9.17) is 4.74 Å². The van der Waals surface area contributed by atoms with Crippen molar-refractivity contribution in [1.82, 2.24) is 20.0 Å². The molecule has 9 heteroatoms. The zero-order chi connectivity index (χ0) is 21.0. The Morgan fingerprint density at radius 1 is 1.21 bits per heavy atom. The maximum Gasteiger partial charge on any atom is 0.360 e. The molecular weight excluding hydrogens is 376 g/mol. The Morgan fingerprint density at radius 2 is 1.93 bits per heavy atom. The van der Waals surface area contributed by atoms with Crippen molar-refractivity contribution in [1.29, 1.82) is 0 Å². The van der Waals surface area contributed by atoms with Gasteiger partial charge in [-0.3, -0.25) is 14.5 Å². The van der Waals surface area contributed by atoms with Gasteiger partial charge in [0.05, 0.1) is 5.39 Å². The van der Waals surface area contributed by atoms with Crippen molar-refractivity contribution < 1.29 is 19.1 Å². The second-order valence-corrected chi connectivity index (χ2v) is 6.90. The van der Waals surface area contributed by atoms with E-state index in [1.165, 1.54) is 11.6 Å². The average Bonchev–Trinajstić information content (AvgIpc) is 3.15. The van der Waals surface area contributed by atoms with Crippen LogP contribution >= 0.6 is 0 Å². The number of aromatic nitrogens is 2. The zero-order valence-electron chi connectivity index (χ0n) is 16.5. The fraction of sp³-hybridized carbons (Fsp3) is 0.450. The van der Waals surface area contributed by atoms with Gasteiger partial charge in [-0.1, -0.05) is 38.0 Å². The number of urea groups is 1. The van der Waals surface area contributed by atoms with Crippen LogP contribution < -0.4 is 10.9 Å². The lowest BCUT2D eigenvalue weighted by atomic mass is 10.1. The van der Waals surface area contributed by atoms with Crippen LogP contribution in [0.1, 0.15) is 43.6 Å². The predicted octanol–water partition coefficient (Wildman–Crippen LogP) is 1.68. The molecule has 1 N–H and O–H groups in total. The van der Waals surface area contributed by atoms with E-state index in [1.807, 2.05) is 0 Å². The molecule has 2 aromatic rings. The van der Waals surface area contributed by atoms with Crippen LogP contribution in [0.25, 0.3) is 10.8 Å². The Bertz CT molecular complexity index is 1000. The van der Waals surface area contributed by atoms with Crippen LogP contribution in [0.3, 0.4) is 0 Å². The molecule has 0 radical (unpaired) electrons. The molecule has 9 nitrogen and oxygen atoms in total. The summed E-state index contributed by atoms with van der Waals surface area (Å²) >= 11 is 0. The number of hydrogen-bond acceptors (Lipinski definition) is 6. The highest BCUT2D eigenvalue weighted by molar-refractivity contribution is 6.04. The van der Waals surface area contributed by atoms with Crippen molar-refractivity contribution in [2.75, 3.05) is 13.1 Å². The van der Waals surface area contributed by atoms with Gasteiger partial charge in [-0.2, -0.15) is 5.10 Å². The SMILES string of the molecule is CCCCCn1nc(C(=O)O[C@H](C)C(=O)N2CCNC2=O)c2ccccc2c1=O. The van der Waals surface area contributed by atoms with Gasteiger partial charge < -0.3 is 10.1 Å². The van der Waals surface area contributed by atoms with Gasteiger partial charge in [0.25, 0.3) is 11.5 Å².